The molecule has 0 aliphatic rings. The first-order valence-corrected chi connectivity index (χ1v) is 6.73. The Hall–Kier alpha value is -2.18. The van der Waals surface area contributed by atoms with Gasteiger partial charge in [-0.3, -0.25) is 4.79 Å². The lowest BCUT2D eigenvalue weighted by Gasteiger charge is -2.11. The molecule has 6 nitrogen and oxygen atoms in total. The van der Waals surface area contributed by atoms with Crippen LogP contribution in [-0.2, 0) is 13.0 Å². The summed E-state index contributed by atoms with van der Waals surface area (Å²) in [5.41, 5.74) is 8.97. The largest absolute Gasteiger partial charge is 0.392 e. The number of aliphatic hydroxyl groups excluding tert-OH is 1. The molecular weight excluding hydrogens is 270 g/mol. The second kappa shape index (κ2) is 6.51. The van der Waals surface area contributed by atoms with Gasteiger partial charge < -0.3 is 20.7 Å². The highest BCUT2D eigenvalue weighted by atomic mass is 16.5. The maximum Gasteiger partial charge on any atom is 0.277 e. The Bertz CT molecular complexity index is 650. The molecule has 0 aliphatic carbocycles. The first kappa shape index (κ1) is 15.2. The summed E-state index contributed by atoms with van der Waals surface area (Å²) in [5.74, 6) is 0.234. The van der Waals surface area contributed by atoms with E-state index in [1.165, 1.54) is 0 Å². The minimum atomic E-state index is -0.349. The monoisotopic (exact) mass is 289 g/mol. The van der Waals surface area contributed by atoms with Gasteiger partial charge in [-0.1, -0.05) is 11.2 Å². The molecule has 1 amide bonds. The molecule has 1 aromatic heterocycles. The van der Waals surface area contributed by atoms with Gasteiger partial charge in [-0.15, -0.1) is 0 Å². The number of aryl methyl sites for hydroxylation is 2. The lowest BCUT2D eigenvalue weighted by molar-refractivity contribution is 0.101. The number of aliphatic hydroxyl groups is 1. The van der Waals surface area contributed by atoms with E-state index < -0.39 is 0 Å². The first-order chi connectivity index (χ1) is 10.0. The smallest absolute Gasteiger partial charge is 0.277 e. The van der Waals surface area contributed by atoms with Crippen LogP contribution < -0.4 is 11.1 Å². The topological polar surface area (TPSA) is 101 Å². The van der Waals surface area contributed by atoms with E-state index in [0.717, 1.165) is 16.7 Å². The summed E-state index contributed by atoms with van der Waals surface area (Å²) in [4.78, 5) is 12.1. The molecular formula is C15H19N3O3. The third kappa shape index (κ3) is 3.48. The predicted molar refractivity (Wildman–Crippen MR) is 79.1 cm³/mol. The number of nitrogens with two attached hydrogens (primary N) is 1. The molecule has 2 rings (SSSR count). The number of amides is 1. The summed E-state index contributed by atoms with van der Waals surface area (Å²) in [6, 6.07) is 5.27. The average molecular weight is 289 g/mol. The molecule has 0 saturated carbocycles. The lowest BCUT2D eigenvalue weighted by atomic mass is 10.0. The van der Waals surface area contributed by atoms with Gasteiger partial charge in [0.1, 0.15) is 5.76 Å². The van der Waals surface area contributed by atoms with Gasteiger partial charge >= 0.3 is 0 Å². The van der Waals surface area contributed by atoms with E-state index in [0.29, 0.717) is 24.4 Å². The van der Waals surface area contributed by atoms with Crippen LogP contribution in [0.4, 0.5) is 5.69 Å². The maximum absolute atomic E-state index is 12.1. The molecule has 112 valence electrons. The Morgan fingerprint density at radius 3 is 2.76 bits per heavy atom. The van der Waals surface area contributed by atoms with E-state index >= 15 is 0 Å². The van der Waals surface area contributed by atoms with Crippen LogP contribution in [0.15, 0.2) is 22.7 Å². The summed E-state index contributed by atoms with van der Waals surface area (Å²) in [6.45, 7) is 4.18. The number of hydrogen-bond donors (Lipinski definition) is 3. The fourth-order valence-electron chi connectivity index (χ4n) is 2.07. The van der Waals surface area contributed by atoms with Gasteiger partial charge in [0.2, 0.25) is 0 Å². The Kier molecular flexibility index (Phi) is 4.72. The van der Waals surface area contributed by atoms with E-state index in [1.54, 1.807) is 12.1 Å². The molecule has 6 heteroatoms. The van der Waals surface area contributed by atoms with Gasteiger partial charge in [0.15, 0.2) is 5.69 Å². The molecule has 0 atom stereocenters. The zero-order chi connectivity index (χ0) is 15.4. The predicted octanol–water partition coefficient (Wildman–Crippen LogP) is 1.54. The molecule has 0 radical (unpaired) electrons. The lowest BCUT2D eigenvalue weighted by Crippen LogP contribution is -2.13. The number of hydrogen-bond acceptors (Lipinski definition) is 5. The van der Waals surface area contributed by atoms with Crippen molar-refractivity contribution in [2.45, 2.75) is 26.9 Å². The van der Waals surface area contributed by atoms with Crippen molar-refractivity contribution in [1.29, 1.82) is 0 Å². The number of carbonyl (C=O) groups is 1. The second-order valence-corrected chi connectivity index (χ2v) is 4.92. The van der Waals surface area contributed by atoms with E-state index in [2.05, 4.69) is 10.5 Å². The van der Waals surface area contributed by atoms with Gasteiger partial charge in [-0.25, -0.2) is 0 Å². The minimum Gasteiger partial charge on any atom is -0.392 e. The second-order valence-electron chi connectivity index (χ2n) is 4.92. The molecule has 0 aliphatic heterocycles. The molecule has 2 aromatic rings. The fourth-order valence-corrected chi connectivity index (χ4v) is 2.07. The Labute approximate surface area is 122 Å². The molecule has 0 fully saturated rings. The molecule has 0 saturated heterocycles. The quantitative estimate of drug-likeness (QED) is 0.775. The summed E-state index contributed by atoms with van der Waals surface area (Å²) < 4.78 is 5.03. The van der Waals surface area contributed by atoms with Crippen LogP contribution in [0.25, 0.3) is 0 Å². The summed E-state index contributed by atoms with van der Waals surface area (Å²) in [6.07, 6.45) is 0.540. The number of nitrogens with zero attached hydrogens (tertiary/aromatic N) is 1. The van der Waals surface area contributed by atoms with Crippen molar-refractivity contribution in [1.82, 2.24) is 5.16 Å². The number of benzene rings is 1. The molecule has 0 unspecified atom stereocenters. The minimum absolute atomic E-state index is 0.0698. The summed E-state index contributed by atoms with van der Waals surface area (Å²) in [5, 5.41) is 15.8. The standard InChI is InChI=1S/C15H19N3O3/c1-9-5-10(2)13(6-11(9)8-19)17-15(20)14-7-12(3-4-16)21-18-14/h5-7,19H,3-4,8,16H2,1-2H3,(H,17,20). The average Bonchev–Trinajstić information content (AvgIpc) is 2.91. The van der Waals surface area contributed by atoms with Crippen LogP contribution in [-0.4, -0.2) is 22.7 Å². The molecule has 4 N–H and O–H groups in total. The summed E-state index contributed by atoms with van der Waals surface area (Å²) in [7, 11) is 0. The van der Waals surface area contributed by atoms with Gasteiger partial charge in [0.05, 0.1) is 6.61 Å². The Balaban J connectivity index is 2.18. The van der Waals surface area contributed by atoms with Crippen molar-refractivity contribution in [2.24, 2.45) is 5.73 Å². The van der Waals surface area contributed by atoms with Crippen LogP contribution in [0.2, 0.25) is 0 Å². The Morgan fingerprint density at radius 2 is 2.10 bits per heavy atom. The highest BCUT2D eigenvalue weighted by Crippen LogP contribution is 2.21. The van der Waals surface area contributed by atoms with Crippen molar-refractivity contribution in [3.63, 3.8) is 0 Å². The van der Waals surface area contributed by atoms with Crippen molar-refractivity contribution in [3.8, 4) is 0 Å². The maximum atomic E-state index is 12.1. The molecule has 21 heavy (non-hydrogen) atoms. The third-order valence-electron chi connectivity index (χ3n) is 3.28. The Morgan fingerprint density at radius 1 is 1.33 bits per heavy atom. The van der Waals surface area contributed by atoms with E-state index in [9.17, 15) is 9.90 Å². The van der Waals surface area contributed by atoms with Gasteiger partial charge in [0.25, 0.3) is 5.91 Å². The van der Waals surface area contributed by atoms with Crippen molar-refractivity contribution >= 4 is 11.6 Å². The molecule has 1 aromatic carbocycles. The van der Waals surface area contributed by atoms with Crippen molar-refractivity contribution in [2.75, 3.05) is 11.9 Å². The normalized spacial score (nSPS) is 10.7. The van der Waals surface area contributed by atoms with Crippen LogP contribution in [0, 0.1) is 13.8 Å². The first-order valence-electron chi connectivity index (χ1n) is 6.73. The zero-order valence-electron chi connectivity index (χ0n) is 12.1. The number of anilines is 1. The highest BCUT2D eigenvalue weighted by Gasteiger charge is 2.14. The number of carbonyl (C=O) groups excluding carboxylic acids is 1. The highest BCUT2D eigenvalue weighted by molar-refractivity contribution is 6.03. The zero-order valence-corrected chi connectivity index (χ0v) is 12.1. The SMILES string of the molecule is Cc1cc(C)c(NC(=O)c2cc(CCN)on2)cc1CO. The van der Waals surface area contributed by atoms with Crippen LogP contribution in [0.3, 0.4) is 0 Å². The van der Waals surface area contributed by atoms with Crippen LogP contribution >= 0.6 is 0 Å². The van der Waals surface area contributed by atoms with Gasteiger partial charge in [0, 0.05) is 18.2 Å². The van der Waals surface area contributed by atoms with E-state index in [-0.39, 0.29) is 18.2 Å². The van der Waals surface area contributed by atoms with E-state index in [4.69, 9.17) is 10.3 Å². The third-order valence-corrected chi connectivity index (χ3v) is 3.28. The van der Waals surface area contributed by atoms with Crippen LogP contribution in [0.5, 0.6) is 0 Å². The summed E-state index contributed by atoms with van der Waals surface area (Å²) >= 11 is 0. The number of aromatic nitrogens is 1. The molecule has 1 heterocycles. The number of rotatable bonds is 5. The molecule has 0 spiro atoms. The van der Waals surface area contributed by atoms with Crippen molar-refractivity contribution < 1.29 is 14.4 Å². The molecule has 0 bridgehead atoms. The van der Waals surface area contributed by atoms with Crippen LogP contribution in [0.1, 0.15) is 32.9 Å². The van der Waals surface area contributed by atoms with Gasteiger partial charge in [-0.2, -0.15) is 0 Å². The fraction of sp³-hybridized carbons (Fsp3) is 0.333. The van der Waals surface area contributed by atoms with E-state index in [1.807, 2.05) is 19.9 Å². The van der Waals surface area contributed by atoms with Gasteiger partial charge in [-0.05, 0) is 43.1 Å². The van der Waals surface area contributed by atoms with Crippen molar-refractivity contribution in [3.05, 3.63) is 46.3 Å². The number of nitrogens with one attached hydrogen (secondary N) is 1.